The van der Waals surface area contributed by atoms with Gasteiger partial charge in [0.1, 0.15) is 11.6 Å². The topological polar surface area (TPSA) is 52.4 Å². The zero-order valence-electron chi connectivity index (χ0n) is 13.5. The van der Waals surface area contributed by atoms with Gasteiger partial charge in [0, 0.05) is 38.1 Å². The van der Waals surface area contributed by atoms with Crippen molar-refractivity contribution in [2.75, 3.05) is 46.4 Å². The van der Waals surface area contributed by atoms with E-state index in [1.807, 2.05) is 30.3 Å². The van der Waals surface area contributed by atoms with Crippen LogP contribution in [0.15, 0.2) is 30.3 Å². The minimum Gasteiger partial charge on any atom is -0.477 e. The molecule has 1 aromatic carbocycles. The first-order valence-corrected chi connectivity index (χ1v) is 8.10. The van der Waals surface area contributed by atoms with Crippen molar-refractivity contribution in [1.82, 2.24) is 14.8 Å². The third-order valence-electron chi connectivity index (χ3n) is 4.26. The second-order valence-electron chi connectivity index (χ2n) is 5.99. The third kappa shape index (κ3) is 3.98. The van der Waals surface area contributed by atoms with Crippen molar-refractivity contribution < 1.29 is 4.74 Å². The highest BCUT2D eigenvalue weighted by Gasteiger charge is 2.13. The first kappa shape index (κ1) is 15.7. The number of benzene rings is 1. The van der Waals surface area contributed by atoms with Crippen molar-refractivity contribution in [2.45, 2.75) is 6.42 Å². The van der Waals surface area contributed by atoms with Gasteiger partial charge in [0.2, 0.25) is 5.88 Å². The highest BCUT2D eigenvalue weighted by atomic mass is 16.5. The highest BCUT2D eigenvalue weighted by molar-refractivity contribution is 5.80. The van der Waals surface area contributed by atoms with Crippen molar-refractivity contribution in [1.29, 1.82) is 5.26 Å². The Labute approximate surface area is 137 Å². The second kappa shape index (κ2) is 7.40. The van der Waals surface area contributed by atoms with E-state index in [9.17, 15) is 5.26 Å². The van der Waals surface area contributed by atoms with Gasteiger partial charge in [0.15, 0.2) is 0 Å². The maximum absolute atomic E-state index is 9.28. The molecule has 5 nitrogen and oxygen atoms in total. The number of fused-ring (bicyclic) bond motifs is 1. The molecule has 1 aromatic heterocycles. The molecule has 0 bridgehead atoms. The normalized spacial score (nSPS) is 16.3. The van der Waals surface area contributed by atoms with E-state index < -0.39 is 0 Å². The molecule has 0 N–H and O–H groups in total. The van der Waals surface area contributed by atoms with Gasteiger partial charge in [0.25, 0.3) is 0 Å². The fourth-order valence-corrected chi connectivity index (χ4v) is 2.82. The van der Waals surface area contributed by atoms with Crippen molar-refractivity contribution in [3.63, 3.8) is 0 Å². The lowest BCUT2D eigenvalue weighted by Crippen LogP contribution is -2.44. The zero-order chi connectivity index (χ0) is 16.1. The summed E-state index contributed by atoms with van der Waals surface area (Å²) in [6.45, 7) is 6.12. The molecule has 0 aliphatic carbocycles. The third-order valence-corrected chi connectivity index (χ3v) is 4.26. The van der Waals surface area contributed by atoms with E-state index in [2.05, 4.69) is 27.9 Å². The molecule has 1 saturated heterocycles. The van der Waals surface area contributed by atoms with Gasteiger partial charge in [-0.3, -0.25) is 0 Å². The van der Waals surface area contributed by atoms with Crippen molar-refractivity contribution in [3.8, 4) is 11.9 Å². The van der Waals surface area contributed by atoms with Gasteiger partial charge in [-0.2, -0.15) is 5.26 Å². The molecule has 2 aromatic rings. The molecule has 23 heavy (non-hydrogen) atoms. The lowest BCUT2D eigenvalue weighted by Gasteiger charge is -2.32. The fourth-order valence-electron chi connectivity index (χ4n) is 2.82. The summed E-state index contributed by atoms with van der Waals surface area (Å²) >= 11 is 0. The number of hydrogen-bond donors (Lipinski definition) is 0. The monoisotopic (exact) mass is 310 g/mol. The number of nitriles is 1. The quantitative estimate of drug-likeness (QED) is 0.792. The molecular formula is C18H22N4O. The number of ether oxygens (including phenoxy) is 1. The van der Waals surface area contributed by atoms with Gasteiger partial charge in [-0.05, 0) is 25.6 Å². The molecule has 5 heteroatoms. The predicted octanol–water partition coefficient (Wildman–Crippen LogP) is 2.12. The lowest BCUT2D eigenvalue weighted by molar-refractivity contribution is 0.145. The van der Waals surface area contributed by atoms with Crippen molar-refractivity contribution >= 4 is 10.9 Å². The van der Waals surface area contributed by atoms with E-state index >= 15 is 0 Å². The first-order valence-electron chi connectivity index (χ1n) is 8.10. The molecule has 0 atom stereocenters. The zero-order valence-corrected chi connectivity index (χ0v) is 13.5. The Hall–Kier alpha value is -2.16. The summed E-state index contributed by atoms with van der Waals surface area (Å²) in [6, 6.07) is 11.8. The average molecular weight is 310 g/mol. The Morgan fingerprint density at radius 3 is 2.78 bits per heavy atom. The number of aromatic nitrogens is 1. The molecule has 0 radical (unpaired) electrons. The number of likely N-dealkylation sites (N-methyl/N-ethyl adjacent to an activating group) is 1. The largest absolute Gasteiger partial charge is 0.477 e. The fraction of sp³-hybridized carbons (Fsp3) is 0.444. The standard InChI is InChI=1S/C18H22N4O/c1-21-8-10-22(11-9-21)7-4-12-23-18-16(14-19)13-15-5-2-3-6-17(15)20-18/h2-3,5-6,13H,4,7-12H2,1H3. The summed E-state index contributed by atoms with van der Waals surface area (Å²) in [4.78, 5) is 9.29. The van der Waals surface area contributed by atoms with Crippen LogP contribution < -0.4 is 4.74 Å². The molecule has 3 rings (SSSR count). The van der Waals surface area contributed by atoms with E-state index in [1.165, 1.54) is 0 Å². The summed E-state index contributed by atoms with van der Waals surface area (Å²) in [5, 5.41) is 10.2. The Balaban J connectivity index is 1.55. The minimum absolute atomic E-state index is 0.449. The van der Waals surface area contributed by atoms with Gasteiger partial charge in [-0.15, -0.1) is 0 Å². The number of piperazine rings is 1. The van der Waals surface area contributed by atoms with Gasteiger partial charge in [0.05, 0.1) is 12.1 Å². The summed E-state index contributed by atoms with van der Waals surface area (Å²) in [7, 11) is 2.16. The van der Waals surface area contributed by atoms with Gasteiger partial charge in [-0.25, -0.2) is 4.98 Å². The molecule has 120 valence electrons. The van der Waals surface area contributed by atoms with Gasteiger partial charge >= 0.3 is 0 Å². The summed E-state index contributed by atoms with van der Waals surface area (Å²) in [6.07, 6.45) is 0.948. The number of hydrogen-bond acceptors (Lipinski definition) is 5. The molecule has 1 fully saturated rings. The average Bonchev–Trinajstić information content (AvgIpc) is 2.59. The molecule has 0 saturated carbocycles. The van der Waals surface area contributed by atoms with Crippen LogP contribution in [-0.4, -0.2) is 61.2 Å². The summed E-state index contributed by atoms with van der Waals surface area (Å²) in [5.41, 5.74) is 1.36. The van der Waals surface area contributed by atoms with E-state index in [0.717, 1.165) is 50.0 Å². The second-order valence-corrected chi connectivity index (χ2v) is 5.99. The van der Waals surface area contributed by atoms with Crippen LogP contribution in [0.2, 0.25) is 0 Å². The number of para-hydroxylation sites is 1. The van der Waals surface area contributed by atoms with Crippen molar-refractivity contribution in [2.24, 2.45) is 0 Å². The maximum atomic E-state index is 9.28. The molecule has 0 amide bonds. The Morgan fingerprint density at radius 1 is 1.22 bits per heavy atom. The Kier molecular flexibility index (Phi) is 5.06. The van der Waals surface area contributed by atoms with Crippen LogP contribution in [0.25, 0.3) is 10.9 Å². The van der Waals surface area contributed by atoms with E-state index in [0.29, 0.717) is 18.1 Å². The Bertz CT molecular complexity index is 702. The number of pyridine rings is 1. The SMILES string of the molecule is CN1CCN(CCCOc2nc3ccccc3cc2C#N)CC1. The van der Waals surface area contributed by atoms with Crippen molar-refractivity contribution in [3.05, 3.63) is 35.9 Å². The van der Waals surface area contributed by atoms with Crippen LogP contribution in [0.4, 0.5) is 0 Å². The van der Waals surface area contributed by atoms with Crippen LogP contribution in [0.5, 0.6) is 5.88 Å². The highest BCUT2D eigenvalue weighted by Crippen LogP contribution is 2.21. The molecule has 0 spiro atoms. The summed E-state index contributed by atoms with van der Waals surface area (Å²) < 4.78 is 5.78. The number of nitrogens with zero attached hydrogens (tertiary/aromatic N) is 4. The lowest BCUT2D eigenvalue weighted by atomic mass is 10.1. The van der Waals surface area contributed by atoms with Crippen LogP contribution in [0.3, 0.4) is 0 Å². The van der Waals surface area contributed by atoms with Crippen LogP contribution >= 0.6 is 0 Å². The Morgan fingerprint density at radius 2 is 2.00 bits per heavy atom. The minimum atomic E-state index is 0.449. The molecule has 0 unspecified atom stereocenters. The van der Waals surface area contributed by atoms with Gasteiger partial charge < -0.3 is 14.5 Å². The molecule has 2 heterocycles. The maximum Gasteiger partial charge on any atom is 0.232 e. The molecular weight excluding hydrogens is 288 g/mol. The van der Waals surface area contributed by atoms with Crippen LogP contribution in [-0.2, 0) is 0 Å². The van der Waals surface area contributed by atoms with E-state index in [1.54, 1.807) is 0 Å². The van der Waals surface area contributed by atoms with Crippen LogP contribution in [0.1, 0.15) is 12.0 Å². The van der Waals surface area contributed by atoms with Gasteiger partial charge in [-0.1, -0.05) is 18.2 Å². The summed E-state index contributed by atoms with van der Waals surface area (Å²) in [5.74, 6) is 0.449. The van der Waals surface area contributed by atoms with E-state index in [4.69, 9.17) is 4.74 Å². The predicted molar refractivity (Wildman–Crippen MR) is 90.5 cm³/mol. The smallest absolute Gasteiger partial charge is 0.232 e. The van der Waals surface area contributed by atoms with E-state index in [-0.39, 0.29) is 0 Å². The van der Waals surface area contributed by atoms with Crippen LogP contribution in [0, 0.1) is 11.3 Å². The first-order chi connectivity index (χ1) is 11.3. The number of rotatable bonds is 5. The molecule has 1 aliphatic heterocycles. The molecule has 1 aliphatic rings.